The van der Waals surface area contributed by atoms with Crippen molar-refractivity contribution in [3.63, 3.8) is 0 Å². The largest absolute Gasteiger partial charge is 0.481 e. The molecule has 0 fully saturated rings. The van der Waals surface area contributed by atoms with Gasteiger partial charge in [-0.3, -0.25) is 9.59 Å². The molecule has 0 aliphatic carbocycles. The van der Waals surface area contributed by atoms with Crippen LogP contribution in [-0.2, 0) is 14.3 Å². The number of nitrogens with zero attached hydrogens (tertiary/aromatic N) is 1. The van der Waals surface area contributed by atoms with Crippen molar-refractivity contribution in [2.24, 2.45) is 11.8 Å². The molecule has 112 valence electrons. The Hall–Kier alpha value is -1.10. The van der Waals surface area contributed by atoms with Crippen molar-refractivity contribution in [1.82, 2.24) is 4.90 Å². The molecular weight excluding hydrogens is 246 g/mol. The van der Waals surface area contributed by atoms with E-state index in [1.54, 1.807) is 11.8 Å². The van der Waals surface area contributed by atoms with Crippen molar-refractivity contribution in [3.8, 4) is 0 Å². The van der Waals surface area contributed by atoms with E-state index in [9.17, 15) is 9.59 Å². The fourth-order valence-corrected chi connectivity index (χ4v) is 1.69. The summed E-state index contributed by atoms with van der Waals surface area (Å²) in [6.07, 6.45) is 1.50. The Kier molecular flexibility index (Phi) is 9.21. The van der Waals surface area contributed by atoms with E-state index >= 15 is 0 Å². The predicted molar refractivity (Wildman–Crippen MR) is 73.9 cm³/mol. The number of hydrogen-bond acceptors (Lipinski definition) is 3. The standard InChI is InChI=1S/C14H27NO4/c1-5-11(3)13(16)15(8-7-9-19-6-2)10-12(4)14(17)18/h11-12H,5-10H2,1-4H3,(H,17,18). The SMILES string of the molecule is CCOCCCN(CC(C)C(=O)O)C(=O)C(C)CC. The molecule has 0 bridgehead atoms. The molecule has 0 saturated carbocycles. The van der Waals surface area contributed by atoms with Crippen LogP contribution in [0.5, 0.6) is 0 Å². The number of carbonyl (C=O) groups is 2. The topological polar surface area (TPSA) is 66.8 Å². The average Bonchev–Trinajstić information content (AvgIpc) is 2.40. The van der Waals surface area contributed by atoms with E-state index in [2.05, 4.69) is 0 Å². The monoisotopic (exact) mass is 273 g/mol. The first kappa shape index (κ1) is 17.9. The van der Waals surface area contributed by atoms with E-state index in [1.165, 1.54) is 0 Å². The van der Waals surface area contributed by atoms with Crippen molar-refractivity contribution in [1.29, 1.82) is 0 Å². The molecule has 1 N–H and O–H groups in total. The lowest BCUT2D eigenvalue weighted by Crippen LogP contribution is -2.40. The van der Waals surface area contributed by atoms with Gasteiger partial charge in [-0.1, -0.05) is 20.8 Å². The number of rotatable bonds is 10. The van der Waals surface area contributed by atoms with Gasteiger partial charge in [0.1, 0.15) is 0 Å². The van der Waals surface area contributed by atoms with Crippen LogP contribution in [0, 0.1) is 11.8 Å². The van der Waals surface area contributed by atoms with Crippen LogP contribution in [0.15, 0.2) is 0 Å². The van der Waals surface area contributed by atoms with Gasteiger partial charge in [-0.25, -0.2) is 0 Å². The van der Waals surface area contributed by atoms with Crippen molar-refractivity contribution in [2.45, 2.75) is 40.5 Å². The van der Waals surface area contributed by atoms with E-state index in [0.29, 0.717) is 19.8 Å². The number of ether oxygens (including phenoxy) is 1. The number of carboxylic acid groups (broad SMARTS) is 1. The van der Waals surface area contributed by atoms with E-state index in [1.807, 2.05) is 20.8 Å². The molecule has 0 aromatic carbocycles. The molecule has 1 amide bonds. The highest BCUT2D eigenvalue weighted by molar-refractivity contribution is 5.79. The fourth-order valence-electron chi connectivity index (χ4n) is 1.69. The summed E-state index contributed by atoms with van der Waals surface area (Å²) in [5.74, 6) is -1.44. The molecule has 2 unspecified atom stereocenters. The number of hydrogen-bond donors (Lipinski definition) is 1. The van der Waals surface area contributed by atoms with E-state index in [-0.39, 0.29) is 18.4 Å². The second-order valence-corrected chi connectivity index (χ2v) is 4.88. The van der Waals surface area contributed by atoms with Gasteiger partial charge in [-0.2, -0.15) is 0 Å². The summed E-state index contributed by atoms with van der Waals surface area (Å²) < 4.78 is 5.25. The molecule has 0 aromatic rings. The summed E-state index contributed by atoms with van der Waals surface area (Å²) in [6, 6.07) is 0. The first-order valence-corrected chi connectivity index (χ1v) is 7.03. The number of aliphatic carboxylic acids is 1. The highest BCUT2D eigenvalue weighted by Gasteiger charge is 2.23. The molecule has 0 radical (unpaired) electrons. The summed E-state index contributed by atoms with van der Waals surface area (Å²) in [6.45, 7) is 9.47. The molecule has 0 aromatic heterocycles. The van der Waals surface area contributed by atoms with Gasteiger partial charge < -0.3 is 14.7 Å². The molecule has 0 rings (SSSR count). The summed E-state index contributed by atoms with van der Waals surface area (Å²) in [5.41, 5.74) is 0. The Morgan fingerprint density at radius 2 is 1.84 bits per heavy atom. The van der Waals surface area contributed by atoms with E-state index < -0.39 is 11.9 Å². The molecule has 19 heavy (non-hydrogen) atoms. The lowest BCUT2D eigenvalue weighted by molar-refractivity contribution is -0.144. The molecule has 0 saturated heterocycles. The maximum atomic E-state index is 12.2. The Bertz CT molecular complexity index is 281. The van der Waals surface area contributed by atoms with E-state index in [0.717, 1.165) is 12.8 Å². The summed E-state index contributed by atoms with van der Waals surface area (Å²) in [4.78, 5) is 24.8. The highest BCUT2D eigenvalue weighted by atomic mass is 16.5. The zero-order valence-corrected chi connectivity index (χ0v) is 12.5. The zero-order valence-electron chi connectivity index (χ0n) is 12.5. The van der Waals surface area contributed by atoms with Crippen LogP contribution in [0.3, 0.4) is 0 Å². The van der Waals surface area contributed by atoms with Crippen LogP contribution >= 0.6 is 0 Å². The lowest BCUT2D eigenvalue weighted by atomic mass is 10.1. The van der Waals surface area contributed by atoms with Crippen LogP contribution in [0.4, 0.5) is 0 Å². The smallest absolute Gasteiger partial charge is 0.308 e. The van der Waals surface area contributed by atoms with Crippen molar-refractivity contribution >= 4 is 11.9 Å². The van der Waals surface area contributed by atoms with Crippen molar-refractivity contribution in [3.05, 3.63) is 0 Å². The maximum absolute atomic E-state index is 12.2. The van der Waals surface area contributed by atoms with Gasteiger partial charge in [0.2, 0.25) is 5.91 Å². The van der Waals surface area contributed by atoms with Crippen LogP contribution in [-0.4, -0.2) is 48.2 Å². The molecule has 0 spiro atoms. The van der Waals surface area contributed by atoms with Gasteiger partial charge in [-0.05, 0) is 19.8 Å². The summed E-state index contributed by atoms with van der Waals surface area (Å²) in [7, 11) is 0. The minimum atomic E-state index is -0.869. The van der Waals surface area contributed by atoms with E-state index in [4.69, 9.17) is 9.84 Å². The quantitative estimate of drug-likeness (QED) is 0.618. The van der Waals surface area contributed by atoms with Crippen LogP contribution in [0.2, 0.25) is 0 Å². The summed E-state index contributed by atoms with van der Waals surface area (Å²) in [5, 5.41) is 8.96. The third-order valence-corrected chi connectivity index (χ3v) is 3.18. The van der Waals surface area contributed by atoms with Gasteiger partial charge in [0.05, 0.1) is 5.92 Å². The predicted octanol–water partition coefficient (Wildman–Crippen LogP) is 2.01. The van der Waals surface area contributed by atoms with Gasteiger partial charge in [0, 0.05) is 32.2 Å². The number of carboxylic acids is 1. The van der Waals surface area contributed by atoms with Crippen molar-refractivity contribution < 1.29 is 19.4 Å². The van der Waals surface area contributed by atoms with Crippen LogP contribution < -0.4 is 0 Å². The summed E-state index contributed by atoms with van der Waals surface area (Å²) >= 11 is 0. The molecule has 0 aliphatic rings. The normalized spacial score (nSPS) is 13.9. The second kappa shape index (κ2) is 9.78. The lowest BCUT2D eigenvalue weighted by Gasteiger charge is -2.27. The number of amides is 1. The Morgan fingerprint density at radius 3 is 2.32 bits per heavy atom. The van der Waals surface area contributed by atoms with Crippen LogP contribution in [0.1, 0.15) is 40.5 Å². The third-order valence-electron chi connectivity index (χ3n) is 3.18. The average molecular weight is 273 g/mol. The van der Waals surface area contributed by atoms with Crippen molar-refractivity contribution in [2.75, 3.05) is 26.3 Å². The minimum Gasteiger partial charge on any atom is -0.481 e. The molecular formula is C14H27NO4. The minimum absolute atomic E-state index is 0.0344. The molecule has 0 aliphatic heterocycles. The molecule has 2 atom stereocenters. The fraction of sp³-hybridized carbons (Fsp3) is 0.857. The van der Waals surface area contributed by atoms with Crippen LogP contribution in [0.25, 0.3) is 0 Å². The van der Waals surface area contributed by atoms with Gasteiger partial charge in [-0.15, -0.1) is 0 Å². The zero-order chi connectivity index (χ0) is 14.8. The third kappa shape index (κ3) is 7.15. The molecule has 5 nitrogen and oxygen atoms in total. The Labute approximate surface area is 115 Å². The molecule has 5 heteroatoms. The first-order valence-electron chi connectivity index (χ1n) is 7.03. The Balaban J connectivity index is 4.45. The second-order valence-electron chi connectivity index (χ2n) is 4.88. The Morgan fingerprint density at radius 1 is 1.21 bits per heavy atom. The number of carbonyl (C=O) groups excluding carboxylic acids is 1. The van der Waals surface area contributed by atoms with Gasteiger partial charge >= 0.3 is 5.97 Å². The maximum Gasteiger partial charge on any atom is 0.308 e. The highest BCUT2D eigenvalue weighted by Crippen LogP contribution is 2.10. The first-order chi connectivity index (χ1) is 8.93. The van der Waals surface area contributed by atoms with Gasteiger partial charge in [0.15, 0.2) is 0 Å². The van der Waals surface area contributed by atoms with Gasteiger partial charge in [0.25, 0.3) is 0 Å². The molecule has 0 heterocycles.